The summed E-state index contributed by atoms with van der Waals surface area (Å²) >= 11 is 0. The van der Waals surface area contributed by atoms with Gasteiger partial charge in [-0.2, -0.15) is 20.5 Å². The Kier molecular flexibility index (Phi) is 16.8. The van der Waals surface area contributed by atoms with Crippen molar-refractivity contribution in [2.75, 3.05) is 26.4 Å². The number of hydrogen-bond acceptors (Lipinski definition) is 13. The Morgan fingerprint density at radius 3 is 1.02 bits per heavy atom. The third kappa shape index (κ3) is 15.3. The predicted molar refractivity (Wildman–Crippen MR) is 220 cm³/mol. The molecule has 1 N–H and O–H groups in total. The molecule has 0 amide bonds. The summed E-state index contributed by atoms with van der Waals surface area (Å²) < 4.78 is 23.4. The van der Waals surface area contributed by atoms with Gasteiger partial charge in [-0.1, -0.05) is 0 Å². The van der Waals surface area contributed by atoms with Gasteiger partial charge in [-0.3, -0.25) is 20.2 Å². The highest BCUT2D eigenvalue weighted by Gasteiger charge is 2.10. The van der Waals surface area contributed by atoms with Crippen molar-refractivity contribution in [3.8, 4) is 23.0 Å². The number of nitrogens with zero attached hydrogens (tertiary/aromatic N) is 6. The van der Waals surface area contributed by atoms with Crippen LogP contribution in [0.15, 0.2) is 136 Å². The zero-order chi connectivity index (χ0) is 41.7. The normalized spacial score (nSPS) is 11.1. The summed E-state index contributed by atoms with van der Waals surface area (Å²) in [5.41, 5.74) is 2.39. The second kappa shape index (κ2) is 23.1. The van der Waals surface area contributed by atoms with Crippen molar-refractivity contribution in [3.63, 3.8) is 0 Å². The number of nitro groups is 2. The largest absolute Gasteiger partial charge is 0.494 e. The van der Waals surface area contributed by atoms with Gasteiger partial charge in [-0.15, -0.1) is 0 Å². The number of benzene rings is 5. The minimum atomic E-state index is -1.05. The first-order valence-corrected chi connectivity index (χ1v) is 19.1. The summed E-state index contributed by atoms with van der Waals surface area (Å²) in [5, 5.41) is 47.7. The maximum atomic E-state index is 11.7. The lowest BCUT2D eigenvalue weighted by Gasteiger charge is -2.11. The molecule has 0 unspecified atom stereocenters. The number of carboxylic acids is 1. The summed E-state index contributed by atoms with van der Waals surface area (Å²) in [6, 6.07) is 30.8. The Bertz CT molecular complexity index is 2020. The van der Waals surface area contributed by atoms with E-state index in [9.17, 15) is 30.1 Å². The van der Waals surface area contributed by atoms with Gasteiger partial charge in [0.05, 0.1) is 64.6 Å². The molecule has 0 radical (unpaired) electrons. The smallest absolute Gasteiger partial charge is 0.335 e. The highest BCUT2D eigenvalue weighted by molar-refractivity contribution is 5.88. The molecule has 16 nitrogen and oxygen atoms in total. The van der Waals surface area contributed by atoms with Crippen molar-refractivity contribution in [1.29, 1.82) is 0 Å². The van der Waals surface area contributed by atoms with Crippen molar-refractivity contribution < 1.29 is 38.7 Å². The van der Waals surface area contributed by atoms with E-state index in [0.29, 0.717) is 60.7 Å². The van der Waals surface area contributed by atoms with E-state index < -0.39 is 15.8 Å². The average Bonchev–Trinajstić information content (AvgIpc) is 3.25. The standard InChI is InChI=1S/C43H44N6O10/c50-43(51)32-29-41(58-27-7-3-1-5-25-56-39-21-13-35(14-22-39)46-44-33-9-17-37(18-10-33)48(52)53)31-42(30-32)59-28-8-4-2-6-26-57-40-23-15-36(16-24-40)47-45-34-11-19-38(20-12-34)49(54)55/h9-24,29-31H,1-8,25-28H2,(H,50,51). The summed E-state index contributed by atoms with van der Waals surface area (Å²) in [5.74, 6) is 1.29. The number of carboxylic acid groups (broad SMARTS) is 1. The molecule has 0 bridgehead atoms. The van der Waals surface area contributed by atoms with E-state index >= 15 is 0 Å². The number of nitro benzene ring substituents is 2. The molecule has 0 aliphatic heterocycles. The van der Waals surface area contributed by atoms with Crippen molar-refractivity contribution in [3.05, 3.63) is 141 Å². The molecular formula is C43H44N6O10. The van der Waals surface area contributed by atoms with Crippen LogP contribution >= 0.6 is 0 Å². The topological polar surface area (TPSA) is 210 Å². The first-order valence-electron chi connectivity index (χ1n) is 19.1. The number of unbranched alkanes of at least 4 members (excludes halogenated alkanes) is 6. The van der Waals surface area contributed by atoms with Crippen LogP contribution in [0, 0.1) is 20.2 Å². The minimum absolute atomic E-state index is 0.00358. The number of hydrogen-bond donors (Lipinski definition) is 1. The highest BCUT2D eigenvalue weighted by Crippen LogP contribution is 2.26. The molecule has 59 heavy (non-hydrogen) atoms. The van der Waals surface area contributed by atoms with Crippen molar-refractivity contribution in [2.45, 2.75) is 51.4 Å². The molecule has 5 aromatic rings. The molecule has 0 saturated carbocycles. The number of carbonyl (C=O) groups is 1. The number of non-ortho nitro benzene ring substituents is 2. The molecule has 0 aliphatic rings. The average molecular weight is 805 g/mol. The van der Waals surface area contributed by atoms with Gasteiger partial charge >= 0.3 is 5.97 Å². The van der Waals surface area contributed by atoms with Crippen LogP contribution in [-0.4, -0.2) is 47.3 Å². The van der Waals surface area contributed by atoms with E-state index in [1.807, 2.05) is 24.3 Å². The first kappa shape index (κ1) is 42.9. The summed E-state index contributed by atoms with van der Waals surface area (Å²) in [4.78, 5) is 32.4. The van der Waals surface area contributed by atoms with Crippen molar-refractivity contribution >= 4 is 40.1 Å². The number of rotatable bonds is 25. The molecular weight excluding hydrogens is 761 g/mol. The van der Waals surface area contributed by atoms with Crippen LogP contribution in [-0.2, 0) is 0 Å². The van der Waals surface area contributed by atoms with Gasteiger partial charge in [-0.25, -0.2) is 4.79 Å². The van der Waals surface area contributed by atoms with Crippen LogP contribution in [0.25, 0.3) is 0 Å². The summed E-state index contributed by atoms with van der Waals surface area (Å²) in [6.45, 7) is 2.00. The van der Waals surface area contributed by atoms with Gasteiger partial charge in [0.1, 0.15) is 23.0 Å². The molecule has 0 aromatic heterocycles. The van der Waals surface area contributed by atoms with E-state index in [1.165, 1.54) is 60.7 Å². The van der Waals surface area contributed by atoms with Gasteiger partial charge in [0, 0.05) is 30.3 Å². The Hall–Kier alpha value is -7.23. The highest BCUT2D eigenvalue weighted by atomic mass is 16.6. The van der Waals surface area contributed by atoms with E-state index in [1.54, 1.807) is 30.3 Å². The van der Waals surface area contributed by atoms with Gasteiger partial charge in [0.2, 0.25) is 0 Å². The van der Waals surface area contributed by atoms with Crippen LogP contribution in [0.3, 0.4) is 0 Å². The molecule has 0 spiro atoms. The van der Waals surface area contributed by atoms with Gasteiger partial charge in [0.15, 0.2) is 0 Å². The zero-order valence-electron chi connectivity index (χ0n) is 32.3. The Labute approximate surface area is 340 Å². The van der Waals surface area contributed by atoms with E-state index in [2.05, 4.69) is 20.5 Å². The first-order chi connectivity index (χ1) is 28.7. The third-order valence-electron chi connectivity index (χ3n) is 8.64. The van der Waals surface area contributed by atoms with Gasteiger partial charge in [-0.05, 0) is 136 Å². The fourth-order valence-electron chi connectivity index (χ4n) is 5.47. The quantitative estimate of drug-likeness (QED) is 0.0255. The van der Waals surface area contributed by atoms with Crippen LogP contribution in [0.4, 0.5) is 34.1 Å². The lowest BCUT2D eigenvalue weighted by molar-refractivity contribution is -0.385. The SMILES string of the molecule is O=C(O)c1cc(OCCCCCCOc2ccc(N=Nc3ccc([N+](=O)[O-])cc3)cc2)cc(OCCCCCCOc2ccc(N=Nc3ccc([N+](=O)[O-])cc3)cc2)c1. The Morgan fingerprint density at radius 2 is 0.729 bits per heavy atom. The molecule has 0 atom stereocenters. The second-order valence-corrected chi connectivity index (χ2v) is 13.2. The fraction of sp³-hybridized carbons (Fsp3) is 0.279. The predicted octanol–water partition coefficient (Wildman–Crippen LogP) is 12.1. The molecule has 0 saturated heterocycles. The molecule has 5 rings (SSSR count). The maximum absolute atomic E-state index is 11.7. The van der Waals surface area contributed by atoms with Gasteiger partial charge < -0.3 is 24.1 Å². The van der Waals surface area contributed by atoms with E-state index in [0.717, 1.165) is 62.9 Å². The molecule has 0 aliphatic carbocycles. The van der Waals surface area contributed by atoms with Crippen LogP contribution in [0.2, 0.25) is 0 Å². The molecule has 16 heteroatoms. The molecule has 0 heterocycles. The summed E-state index contributed by atoms with van der Waals surface area (Å²) in [7, 11) is 0. The van der Waals surface area contributed by atoms with Crippen molar-refractivity contribution in [1.82, 2.24) is 0 Å². The summed E-state index contributed by atoms with van der Waals surface area (Å²) in [6.07, 6.45) is 7.05. The van der Waals surface area contributed by atoms with Crippen LogP contribution < -0.4 is 18.9 Å². The molecule has 306 valence electrons. The van der Waals surface area contributed by atoms with Crippen molar-refractivity contribution in [2.24, 2.45) is 20.5 Å². The second-order valence-electron chi connectivity index (χ2n) is 13.2. The van der Waals surface area contributed by atoms with E-state index in [-0.39, 0.29) is 16.9 Å². The zero-order valence-corrected chi connectivity index (χ0v) is 32.3. The Morgan fingerprint density at radius 1 is 0.441 bits per heavy atom. The van der Waals surface area contributed by atoms with Crippen LogP contribution in [0.5, 0.6) is 23.0 Å². The lowest BCUT2D eigenvalue weighted by Crippen LogP contribution is -2.04. The third-order valence-corrected chi connectivity index (χ3v) is 8.64. The molecule has 5 aromatic carbocycles. The van der Waals surface area contributed by atoms with Crippen LogP contribution in [0.1, 0.15) is 61.7 Å². The number of azo groups is 2. The fourth-order valence-corrected chi connectivity index (χ4v) is 5.47. The lowest BCUT2D eigenvalue weighted by atomic mass is 10.2. The maximum Gasteiger partial charge on any atom is 0.335 e. The minimum Gasteiger partial charge on any atom is -0.494 e. The Balaban J connectivity index is 0.902. The number of ether oxygens (including phenoxy) is 4. The number of aromatic carboxylic acids is 1. The monoisotopic (exact) mass is 804 g/mol. The van der Waals surface area contributed by atoms with E-state index in [4.69, 9.17) is 18.9 Å². The van der Waals surface area contributed by atoms with Gasteiger partial charge in [0.25, 0.3) is 11.4 Å². The molecule has 0 fully saturated rings.